The van der Waals surface area contributed by atoms with Gasteiger partial charge in [0.05, 0.1) is 5.57 Å². The molecule has 4 heteroatoms. The number of nitrogens with one attached hydrogen (secondary N) is 1. The van der Waals surface area contributed by atoms with E-state index in [1.807, 2.05) is 60.7 Å². The number of furan rings is 1. The van der Waals surface area contributed by atoms with Crippen LogP contribution in [0.25, 0.3) is 23.0 Å². The van der Waals surface area contributed by atoms with E-state index in [1.54, 1.807) is 6.08 Å². The zero-order valence-electron chi connectivity index (χ0n) is 12.0. The second-order valence-corrected chi connectivity index (χ2v) is 6.18. The van der Waals surface area contributed by atoms with E-state index in [1.165, 1.54) is 0 Å². The monoisotopic (exact) mass is 365 g/mol. The summed E-state index contributed by atoms with van der Waals surface area (Å²) in [6, 6.07) is 19.3. The zero-order valence-corrected chi connectivity index (χ0v) is 13.6. The van der Waals surface area contributed by atoms with Crippen LogP contribution in [0.5, 0.6) is 0 Å². The molecular weight excluding hydrogens is 354 g/mol. The normalized spacial score (nSPS) is 14.8. The number of para-hydroxylation sites is 1. The molecule has 112 valence electrons. The van der Waals surface area contributed by atoms with E-state index in [0.29, 0.717) is 11.3 Å². The first-order valence-corrected chi connectivity index (χ1v) is 7.98. The lowest BCUT2D eigenvalue weighted by atomic mass is 10.1. The molecule has 1 aliphatic heterocycles. The maximum atomic E-state index is 12.1. The van der Waals surface area contributed by atoms with Crippen molar-refractivity contribution >= 4 is 39.2 Å². The number of anilines is 1. The standard InChI is InChI=1S/C19H12BrNO2/c20-13-7-5-12(6-8-13)18-10-9-14(23-18)11-16-15-3-1-2-4-17(15)21-19(16)22/h1-11H,(H,21,22). The first-order chi connectivity index (χ1) is 11.2. The van der Waals surface area contributed by atoms with E-state index in [2.05, 4.69) is 21.2 Å². The fraction of sp³-hybridized carbons (Fsp3) is 0. The lowest BCUT2D eigenvalue weighted by Crippen LogP contribution is -2.03. The van der Waals surface area contributed by atoms with Crippen molar-refractivity contribution in [3.63, 3.8) is 0 Å². The highest BCUT2D eigenvalue weighted by Crippen LogP contribution is 2.33. The second kappa shape index (κ2) is 5.56. The van der Waals surface area contributed by atoms with Crippen LogP contribution in [0.1, 0.15) is 11.3 Å². The van der Waals surface area contributed by atoms with E-state index in [-0.39, 0.29) is 5.91 Å². The summed E-state index contributed by atoms with van der Waals surface area (Å²) in [6.45, 7) is 0. The average Bonchev–Trinajstić information content (AvgIpc) is 3.14. The molecule has 1 N–H and O–H groups in total. The minimum atomic E-state index is -0.104. The smallest absolute Gasteiger partial charge is 0.256 e. The maximum absolute atomic E-state index is 12.1. The summed E-state index contributed by atoms with van der Waals surface area (Å²) in [7, 11) is 0. The molecule has 1 amide bonds. The molecule has 0 bridgehead atoms. The molecule has 2 aromatic carbocycles. The van der Waals surface area contributed by atoms with Gasteiger partial charge in [-0.25, -0.2) is 0 Å². The van der Waals surface area contributed by atoms with Crippen molar-refractivity contribution in [2.75, 3.05) is 5.32 Å². The van der Waals surface area contributed by atoms with E-state index in [4.69, 9.17) is 4.42 Å². The molecule has 0 atom stereocenters. The Hall–Kier alpha value is -2.59. The van der Waals surface area contributed by atoms with Gasteiger partial charge in [0.25, 0.3) is 5.91 Å². The maximum Gasteiger partial charge on any atom is 0.256 e. The summed E-state index contributed by atoms with van der Waals surface area (Å²) >= 11 is 3.42. The fourth-order valence-corrected chi connectivity index (χ4v) is 2.89. The van der Waals surface area contributed by atoms with Gasteiger partial charge < -0.3 is 9.73 Å². The van der Waals surface area contributed by atoms with Crippen LogP contribution in [0, 0.1) is 0 Å². The van der Waals surface area contributed by atoms with E-state index in [0.717, 1.165) is 27.0 Å². The van der Waals surface area contributed by atoms with Gasteiger partial charge >= 0.3 is 0 Å². The molecule has 3 aromatic rings. The van der Waals surface area contributed by atoms with E-state index < -0.39 is 0 Å². The third kappa shape index (κ3) is 2.62. The van der Waals surface area contributed by atoms with Crippen LogP contribution in [-0.4, -0.2) is 5.91 Å². The number of carbonyl (C=O) groups is 1. The molecule has 1 aliphatic rings. The molecule has 0 spiro atoms. The van der Waals surface area contributed by atoms with Crippen LogP contribution < -0.4 is 5.32 Å². The highest BCUT2D eigenvalue weighted by Gasteiger charge is 2.23. The first kappa shape index (κ1) is 14.0. The first-order valence-electron chi connectivity index (χ1n) is 7.19. The number of halogens is 1. The number of hydrogen-bond donors (Lipinski definition) is 1. The number of amides is 1. The van der Waals surface area contributed by atoms with Crippen LogP contribution >= 0.6 is 15.9 Å². The number of carbonyl (C=O) groups excluding carboxylic acids is 1. The molecule has 0 saturated carbocycles. The molecule has 0 fully saturated rings. The van der Waals surface area contributed by atoms with Crippen LogP contribution in [0.4, 0.5) is 5.69 Å². The van der Waals surface area contributed by atoms with Crippen LogP contribution in [0.2, 0.25) is 0 Å². The molecule has 1 aromatic heterocycles. The topological polar surface area (TPSA) is 42.2 Å². The van der Waals surface area contributed by atoms with Gasteiger partial charge in [-0.2, -0.15) is 0 Å². The SMILES string of the molecule is O=C1Nc2ccccc2C1=Cc1ccc(-c2ccc(Br)cc2)o1. The van der Waals surface area contributed by atoms with Gasteiger partial charge in [0, 0.05) is 21.3 Å². The number of fused-ring (bicyclic) bond motifs is 1. The molecule has 2 heterocycles. The van der Waals surface area contributed by atoms with E-state index in [9.17, 15) is 4.79 Å². The van der Waals surface area contributed by atoms with Crippen LogP contribution in [0.15, 0.2) is 69.6 Å². The molecule has 0 saturated heterocycles. The van der Waals surface area contributed by atoms with Gasteiger partial charge in [-0.15, -0.1) is 0 Å². The van der Waals surface area contributed by atoms with Gasteiger partial charge in [0.2, 0.25) is 0 Å². The summed E-state index contributed by atoms with van der Waals surface area (Å²) < 4.78 is 6.89. The lowest BCUT2D eigenvalue weighted by Gasteiger charge is -1.98. The predicted octanol–water partition coefficient (Wildman–Crippen LogP) is 5.20. The second-order valence-electron chi connectivity index (χ2n) is 5.27. The Morgan fingerprint density at radius 2 is 1.74 bits per heavy atom. The highest BCUT2D eigenvalue weighted by molar-refractivity contribution is 9.10. The van der Waals surface area contributed by atoms with Crippen LogP contribution in [-0.2, 0) is 4.79 Å². The van der Waals surface area contributed by atoms with Gasteiger partial charge in [-0.3, -0.25) is 4.79 Å². The Morgan fingerprint density at radius 1 is 0.957 bits per heavy atom. The summed E-state index contributed by atoms with van der Waals surface area (Å²) in [5.74, 6) is 1.33. The van der Waals surface area contributed by atoms with Crippen molar-refractivity contribution in [3.05, 3.63) is 76.5 Å². The van der Waals surface area contributed by atoms with Crippen LogP contribution in [0.3, 0.4) is 0 Å². The minimum Gasteiger partial charge on any atom is -0.457 e. The molecule has 0 aliphatic carbocycles. The minimum absolute atomic E-state index is 0.104. The molecule has 0 radical (unpaired) electrons. The Labute approximate surface area is 141 Å². The third-order valence-corrected chi connectivity index (χ3v) is 4.28. The van der Waals surface area contributed by atoms with E-state index >= 15 is 0 Å². The number of hydrogen-bond acceptors (Lipinski definition) is 2. The summed E-state index contributed by atoms with van der Waals surface area (Å²) in [5.41, 5.74) is 3.36. The third-order valence-electron chi connectivity index (χ3n) is 3.75. The van der Waals surface area contributed by atoms with Crippen molar-refractivity contribution in [2.24, 2.45) is 0 Å². The highest BCUT2D eigenvalue weighted by atomic mass is 79.9. The van der Waals surface area contributed by atoms with Gasteiger partial charge in [0.1, 0.15) is 11.5 Å². The van der Waals surface area contributed by atoms with Crippen molar-refractivity contribution in [2.45, 2.75) is 0 Å². The number of benzene rings is 2. The summed E-state index contributed by atoms with van der Waals surface area (Å²) in [4.78, 5) is 12.1. The van der Waals surface area contributed by atoms with Gasteiger partial charge in [-0.1, -0.05) is 46.3 Å². The van der Waals surface area contributed by atoms with Crippen molar-refractivity contribution < 1.29 is 9.21 Å². The van der Waals surface area contributed by atoms with Crippen molar-refractivity contribution in [1.29, 1.82) is 0 Å². The van der Waals surface area contributed by atoms with Crippen molar-refractivity contribution in [1.82, 2.24) is 0 Å². The molecule has 3 nitrogen and oxygen atoms in total. The van der Waals surface area contributed by atoms with Gasteiger partial charge in [-0.05, 0) is 36.4 Å². The van der Waals surface area contributed by atoms with Gasteiger partial charge in [0.15, 0.2) is 0 Å². The fourth-order valence-electron chi connectivity index (χ4n) is 2.62. The zero-order chi connectivity index (χ0) is 15.8. The molecule has 0 unspecified atom stereocenters. The average molecular weight is 366 g/mol. The molecule has 23 heavy (non-hydrogen) atoms. The Morgan fingerprint density at radius 3 is 2.57 bits per heavy atom. The number of rotatable bonds is 2. The summed E-state index contributed by atoms with van der Waals surface area (Å²) in [6.07, 6.45) is 1.78. The Bertz CT molecular complexity index is 923. The van der Waals surface area contributed by atoms with Crippen molar-refractivity contribution in [3.8, 4) is 11.3 Å². The predicted molar refractivity (Wildman–Crippen MR) is 94.8 cm³/mol. The Balaban J connectivity index is 1.70. The largest absolute Gasteiger partial charge is 0.457 e. The Kier molecular flexibility index (Phi) is 3.39. The molecule has 4 rings (SSSR count). The lowest BCUT2D eigenvalue weighted by molar-refractivity contribution is -0.110. The quantitative estimate of drug-likeness (QED) is 0.634. The molecular formula is C19H12BrNO2. The summed E-state index contributed by atoms with van der Waals surface area (Å²) in [5, 5.41) is 2.86.